The summed E-state index contributed by atoms with van der Waals surface area (Å²) in [4.78, 5) is 6.97. The van der Waals surface area contributed by atoms with Crippen LogP contribution in [0.3, 0.4) is 0 Å². The molecule has 1 aromatic heterocycles. The first-order valence-corrected chi connectivity index (χ1v) is 8.46. The Hall–Kier alpha value is -1.57. The molecule has 0 spiro atoms. The fourth-order valence-corrected chi connectivity index (χ4v) is 2.71. The summed E-state index contributed by atoms with van der Waals surface area (Å²) in [5.74, 6) is 0.917. The van der Waals surface area contributed by atoms with Gasteiger partial charge in [0.1, 0.15) is 0 Å². The van der Waals surface area contributed by atoms with Crippen LogP contribution in [0.15, 0.2) is 29.3 Å². The molecule has 0 saturated heterocycles. The highest BCUT2D eigenvalue weighted by atomic mass is 127. The zero-order chi connectivity index (χ0) is 17.7. The van der Waals surface area contributed by atoms with Gasteiger partial charge >= 0.3 is 0 Å². The summed E-state index contributed by atoms with van der Waals surface area (Å²) in [6.07, 6.45) is 0. The number of nitrogens with zero attached hydrogens (tertiary/aromatic N) is 4. The van der Waals surface area contributed by atoms with E-state index in [2.05, 4.69) is 67.4 Å². The molecule has 0 atom stereocenters. The summed E-state index contributed by atoms with van der Waals surface area (Å²) in [5.41, 5.74) is 5.99. The Morgan fingerprint density at radius 3 is 2.36 bits per heavy atom. The quantitative estimate of drug-likeness (QED) is 0.426. The summed E-state index contributed by atoms with van der Waals surface area (Å²) in [6.45, 7) is 10.7. The van der Waals surface area contributed by atoms with Crippen molar-refractivity contribution in [1.29, 1.82) is 0 Å². The van der Waals surface area contributed by atoms with Crippen LogP contribution in [0, 0.1) is 20.8 Å². The Kier molecular flexibility index (Phi) is 8.41. The fraction of sp³-hybridized carbons (Fsp3) is 0.474. The molecule has 1 N–H and O–H groups in total. The van der Waals surface area contributed by atoms with Crippen molar-refractivity contribution >= 4 is 29.9 Å². The van der Waals surface area contributed by atoms with Gasteiger partial charge in [0.2, 0.25) is 0 Å². The van der Waals surface area contributed by atoms with Crippen molar-refractivity contribution in [1.82, 2.24) is 20.0 Å². The zero-order valence-corrected chi connectivity index (χ0v) is 18.5. The van der Waals surface area contributed by atoms with Crippen LogP contribution in [0.4, 0.5) is 0 Å². The first-order valence-electron chi connectivity index (χ1n) is 8.46. The summed E-state index contributed by atoms with van der Waals surface area (Å²) in [6, 6.07) is 8.64. The van der Waals surface area contributed by atoms with Crippen LogP contribution in [0.1, 0.15) is 35.0 Å². The Balaban J connectivity index is 0.00000312. The largest absolute Gasteiger partial charge is 0.357 e. The molecule has 0 saturated carbocycles. The topological polar surface area (TPSA) is 45.5 Å². The molecule has 1 aromatic carbocycles. The lowest BCUT2D eigenvalue weighted by molar-refractivity contribution is 0.476. The molecule has 0 aliphatic heterocycles. The number of hydrogen-bond acceptors (Lipinski definition) is 2. The fourth-order valence-electron chi connectivity index (χ4n) is 2.71. The predicted molar refractivity (Wildman–Crippen MR) is 116 cm³/mol. The van der Waals surface area contributed by atoms with Crippen LogP contribution in [0.5, 0.6) is 0 Å². The molecule has 0 aliphatic carbocycles. The number of nitrogens with one attached hydrogen (secondary N) is 1. The predicted octanol–water partition coefficient (Wildman–Crippen LogP) is 3.56. The average molecular weight is 455 g/mol. The summed E-state index contributed by atoms with van der Waals surface area (Å²) < 4.78 is 1.92. The van der Waals surface area contributed by atoms with Crippen molar-refractivity contribution < 1.29 is 0 Å². The highest BCUT2D eigenvalue weighted by Crippen LogP contribution is 2.13. The second kappa shape index (κ2) is 9.79. The number of aliphatic imine (C=N–C) groups is 1. The van der Waals surface area contributed by atoms with E-state index in [1.807, 2.05) is 18.7 Å². The van der Waals surface area contributed by atoms with Crippen LogP contribution in [0.25, 0.3) is 0 Å². The molecule has 1 heterocycles. The number of guanidine groups is 1. The number of rotatable bonds is 5. The summed E-state index contributed by atoms with van der Waals surface area (Å²) in [7, 11) is 4.05. The van der Waals surface area contributed by atoms with Crippen molar-refractivity contribution in [2.24, 2.45) is 12.0 Å². The smallest absolute Gasteiger partial charge is 0.194 e. The molecular weight excluding hydrogens is 425 g/mol. The van der Waals surface area contributed by atoms with Gasteiger partial charge in [-0.3, -0.25) is 4.68 Å². The molecule has 5 nitrogen and oxygen atoms in total. The third-order valence-electron chi connectivity index (χ3n) is 4.28. The number of aryl methyl sites for hydroxylation is 3. The first kappa shape index (κ1) is 21.5. The number of halogens is 1. The molecule has 138 valence electrons. The molecule has 6 heteroatoms. The van der Waals surface area contributed by atoms with E-state index >= 15 is 0 Å². The van der Waals surface area contributed by atoms with Gasteiger partial charge < -0.3 is 10.2 Å². The Labute approximate surface area is 168 Å². The standard InChI is InChI=1S/C19H29N5.HI/c1-7-20-19(21-12-18-15(3)22-24(6)16(18)4)23(5)13-17-10-8-14(2)9-11-17;/h8-11H,7,12-13H2,1-6H3,(H,20,21);1H. The van der Waals surface area contributed by atoms with E-state index in [4.69, 9.17) is 4.99 Å². The maximum Gasteiger partial charge on any atom is 0.194 e. The van der Waals surface area contributed by atoms with E-state index in [9.17, 15) is 0 Å². The molecule has 0 unspecified atom stereocenters. The third kappa shape index (κ3) is 5.73. The minimum Gasteiger partial charge on any atom is -0.357 e. The monoisotopic (exact) mass is 455 g/mol. The van der Waals surface area contributed by atoms with Gasteiger partial charge in [-0.25, -0.2) is 4.99 Å². The van der Waals surface area contributed by atoms with Gasteiger partial charge in [-0.2, -0.15) is 5.10 Å². The van der Waals surface area contributed by atoms with Gasteiger partial charge in [-0.05, 0) is 33.3 Å². The highest BCUT2D eigenvalue weighted by Gasteiger charge is 2.11. The van der Waals surface area contributed by atoms with E-state index in [1.165, 1.54) is 22.4 Å². The molecule has 0 aliphatic rings. The molecule has 0 fully saturated rings. The minimum absolute atomic E-state index is 0. The average Bonchev–Trinajstić information content (AvgIpc) is 2.79. The summed E-state index contributed by atoms with van der Waals surface area (Å²) in [5, 5.41) is 7.85. The molecular formula is C19H30IN5. The number of benzene rings is 1. The van der Waals surface area contributed by atoms with Crippen molar-refractivity contribution in [3.8, 4) is 0 Å². The zero-order valence-electron chi connectivity index (χ0n) is 16.1. The maximum atomic E-state index is 4.81. The van der Waals surface area contributed by atoms with E-state index in [-0.39, 0.29) is 24.0 Å². The van der Waals surface area contributed by atoms with Crippen LogP contribution < -0.4 is 5.32 Å². The lowest BCUT2D eigenvalue weighted by Gasteiger charge is -2.22. The molecule has 2 rings (SSSR count). The Bertz CT molecular complexity index is 703. The number of aromatic nitrogens is 2. The molecule has 0 bridgehead atoms. The summed E-state index contributed by atoms with van der Waals surface area (Å²) >= 11 is 0. The highest BCUT2D eigenvalue weighted by molar-refractivity contribution is 14.0. The van der Waals surface area contributed by atoms with Crippen molar-refractivity contribution in [2.45, 2.75) is 40.8 Å². The first-order chi connectivity index (χ1) is 11.4. The van der Waals surface area contributed by atoms with E-state index in [0.717, 1.165) is 24.7 Å². The molecule has 0 radical (unpaired) electrons. The van der Waals surface area contributed by atoms with Gasteiger partial charge in [0, 0.05) is 38.4 Å². The lowest BCUT2D eigenvalue weighted by Crippen LogP contribution is -2.38. The van der Waals surface area contributed by atoms with Crippen LogP contribution in [0.2, 0.25) is 0 Å². The number of hydrogen-bond donors (Lipinski definition) is 1. The van der Waals surface area contributed by atoms with E-state index in [1.54, 1.807) is 0 Å². The van der Waals surface area contributed by atoms with E-state index in [0.29, 0.717) is 6.54 Å². The normalized spacial score (nSPS) is 11.2. The van der Waals surface area contributed by atoms with Crippen LogP contribution >= 0.6 is 24.0 Å². The molecule has 25 heavy (non-hydrogen) atoms. The van der Waals surface area contributed by atoms with Crippen LogP contribution in [-0.2, 0) is 20.1 Å². The van der Waals surface area contributed by atoms with Crippen LogP contribution in [-0.4, -0.2) is 34.2 Å². The second-order valence-electron chi connectivity index (χ2n) is 6.28. The van der Waals surface area contributed by atoms with Crippen molar-refractivity contribution in [3.05, 3.63) is 52.3 Å². The minimum atomic E-state index is 0. The van der Waals surface area contributed by atoms with Gasteiger partial charge in [0.25, 0.3) is 0 Å². The van der Waals surface area contributed by atoms with Gasteiger partial charge in [-0.1, -0.05) is 29.8 Å². The molecule has 2 aromatic rings. The maximum absolute atomic E-state index is 4.81. The second-order valence-corrected chi connectivity index (χ2v) is 6.28. The Morgan fingerprint density at radius 1 is 1.20 bits per heavy atom. The van der Waals surface area contributed by atoms with Gasteiger partial charge in [0.05, 0.1) is 12.2 Å². The lowest BCUT2D eigenvalue weighted by atomic mass is 10.1. The third-order valence-corrected chi connectivity index (χ3v) is 4.28. The van der Waals surface area contributed by atoms with Gasteiger partial charge in [-0.15, -0.1) is 24.0 Å². The van der Waals surface area contributed by atoms with Crippen molar-refractivity contribution in [3.63, 3.8) is 0 Å². The molecule has 0 amide bonds. The Morgan fingerprint density at radius 2 is 1.84 bits per heavy atom. The van der Waals surface area contributed by atoms with Crippen molar-refractivity contribution in [2.75, 3.05) is 13.6 Å². The SMILES string of the molecule is CCNC(=NCc1c(C)nn(C)c1C)N(C)Cc1ccc(C)cc1.I. The van der Waals surface area contributed by atoms with E-state index < -0.39 is 0 Å². The van der Waals surface area contributed by atoms with Gasteiger partial charge in [0.15, 0.2) is 5.96 Å².